The van der Waals surface area contributed by atoms with Gasteiger partial charge in [0, 0.05) is 13.1 Å². The van der Waals surface area contributed by atoms with Crippen LogP contribution in [-0.2, 0) is 6.42 Å². The predicted molar refractivity (Wildman–Crippen MR) is 98.7 cm³/mol. The lowest BCUT2D eigenvalue weighted by molar-refractivity contribution is -0.127. The highest BCUT2D eigenvalue weighted by Gasteiger charge is 2.32. The second-order valence-electron chi connectivity index (χ2n) is 6.15. The monoisotopic (exact) mass is 472 g/mol. The summed E-state index contributed by atoms with van der Waals surface area (Å²) in [6, 6.07) is 4.95. The van der Waals surface area contributed by atoms with Crippen molar-refractivity contribution < 1.29 is 17.6 Å². The van der Waals surface area contributed by atoms with E-state index in [2.05, 4.69) is 5.32 Å². The van der Waals surface area contributed by atoms with Gasteiger partial charge in [-0.2, -0.15) is 13.2 Å². The van der Waals surface area contributed by atoms with Crippen molar-refractivity contribution in [2.45, 2.75) is 31.2 Å². The number of likely N-dealkylation sites (tertiary alicyclic amines) is 1. The number of piperidine rings is 1. The van der Waals surface area contributed by atoms with Gasteiger partial charge in [0.05, 0.1) is 25.7 Å². The minimum absolute atomic E-state index is 0.308. The molecule has 1 N–H and O–H groups in total. The number of nitrogens with one attached hydrogen (secondary N) is 1. The Bertz CT molecular complexity index is 731. The van der Waals surface area contributed by atoms with E-state index < -0.39 is 18.8 Å². The van der Waals surface area contributed by atoms with Gasteiger partial charge in [-0.05, 0) is 53.1 Å². The van der Waals surface area contributed by atoms with Crippen LogP contribution in [-0.4, -0.2) is 43.4 Å². The van der Waals surface area contributed by atoms with Crippen LogP contribution in [0.4, 0.5) is 23.2 Å². The molecule has 0 unspecified atom stereocenters. The van der Waals surface area contributed by atoms with Gasteiger partial charge in [0.25, 0.3) is 0 Å². The minimum atomic E-state index is -4.24. The normalized spacial score (nSPS) is 22.9. The number of hydrogen-bond donors (Lipinski definition) is 1. The van der Waals surface area contributed by atoms with Crippen molar-refractivity contribution in [3.05, 3.63) is 26.6 Å². The number of anilines is 1. The molecule has 132 valence electrons. The summed E-state index contributed by atoms with van der Waals surface area (Å²) in [6.07, 6.45) is -5.50. The highest BCUT2D eigenvalue weighted by Crippen LogP contribution is 2.40. The maximum absolute atomic E-state index is 14.2. The molecule has 0 radical (unpaired) electrons. The molecule has 1 fully saturated rings. The fourth-order valence-corrected chi connectivity index (χ4v) is 5.20. The number of benzene rings is 1. The molecule has 0 spiro atoms. The second kappa shape index (κ2) is 6.95. The molecule has 1 aliphatic rings. The summed E-state index contributed by atoms with van der Waals surface area (Å²) in [5.41, 5.74) is 1.04. The summed E-state index contributed by atoms with van der Waals surface area (Å²) in [4.78, 5) is 1.94. The van der Waals surface area contributed by atoms with Gasteiger partial charge in [-0.15, -0.1) is 11.3 Å². The lowest BCUT2D eigenvalue weighted by Crippen LogP contribution is -2.46. The van der Waals surface area contributed by atoms with Gasteiger partial charge in [-0.25, -0.2) is 4.39 Å². The van der Waals surface area contributed by atoms with E-state index in [4.69, 9.17) is 0 Å². The van der Waals surface area contributed by atoms with E-state index in [-0.39, 0.29) is 6.04 Å². The molecule has 3 rings (SSSR count). The fraction of sp³-hybridized carbons (Fsp3) is 0.500. The maximum Gasteiger partial charge on any atom is 0.393 e. The van der Waals surface area contributed by atoms with Crippen molar-refractivity contribution in [3.63, 3.8) is 0 Å². The molecular formula is C16H17F4IN2S. The third-order valence-electron chi connectivity index (χ3n) is 4.23. The van der Waals surface area contributed by atoms with Gasteiger partial charge in [0.2, 0.25) is 0 Å². The molecule has 2 nitrogen and oxygen atoms in total. The molecule has 2 aromatic rings. The van der Waals surface area contributed by atoms with Crippen molar-refractivity contribution in [2.75, 3.05) is 25.5 Å². The van der Waals surface area contributed by atoms with E-state index in [0.29, 0.717) is 26.8 Å². The molecule has 24 heavy (non-hydrogen) atoms. The molecule has 1 saturated heterocycles. The van der Waals surface area contributed by atoms with Crippen molar-refractivity contribution in [2.24, 2.45) is 0 Å². The summed E-state index contributed by atoms with van der Waals surface area (Å²) in [7, 11) is 1.88. The molecule has 0 saturated carbocycles. The molecule has 1 aromatic carbocycles. The first-order valence-electron chi connectivity index (χ1n) is 7.60. The van der Waals surface area contributed by atoms with E-state index in [1.807, 2.05) is 40.6 Å². The Morgan fingerprint density at radius 1 is 1.38 bits per heavy atom. The van der Waals surface area contributed by atoms with Gasteiger partial charge in [-0.1, -0.05) is 12.1 Å². The zero-order chi connectivity index (χ0) is 17.5. The molecule has 0 amide bonds. The van der Waals surface area contributed by atoms with Crippen LogP contribution in [0.15, 0.2) is 18.2 Å². The number of rotatable bonds is 3. The summed E-state index contributed by atoms with van der Waals surface area (Å²) >= 11 is 3.29. The van der Waals surface area contributed by atoms with Crippen LogP contribution in [0.3, 0.4) is 0 Å². The van der Waals surface area contributed by atoms with E-state index in [9.17, 15) is 17.6 Å². The smallest absolute Gasteiger partial charge is 0.378 e. The summed E-state index contributed by atoms with van der Waals surface area (Å²) < 4.78 is 54.1. The first-order valence-corrected chi connectivity index (χ1v) is 9.50. The maximum atomic E-state index is 14.2. The molecule has 1 aliphatic heterocycles. The SMILES string of the molecule is CN1CC[C@H](Nc2cccc3c(CC(F)(F)F)c(I)sc23)[C@H](F)C1. The van der Waals surface area contributed by atoms with Gasteiger partial charge < -0.3 is 10.2 Å². The topological polar surface area (TPSA) is 15.3 Å². The molecular weight excluding hydrogens is 455 g/mol. The Morgan fingerprint density at radius 3 is 2.79 bits per heavy atom. The molecule has 2 heterocycles. The molecule has 0 aliphatic carbocycles. The molecule has 0 bridgehead atoms. The Balaban J connectivity index is 1.91. The average Bonchev–Trinajstić information content (AvgIpc) is 2.78. The van der Waals surface area contributed by atoms with Gasteiger partial charge in [-0.3, -0.25) is 0 Å². The van der Waals surface area contributed by atoms with Crippen LogP contribution in [0, 0.1) is 2.88 Å². The number of fused-ring (bicyclic) bond motifs is 1. The Morgan fingerprint density at radius 2 is 2.12 bits per heavy atom. The van der Waals surface area contributed by atoms with E-state index in [1.165, 1.54) is 11.3 Å². The standard InChI is InChI=1S/C16H17F4IN2S/c1-23-6-5-12(11(17)8-23)22-13-4-2-3-9-10(7-16(18,19)20)15(21)24-14(9)13/h2-4,11-12,22H,5-8H2,1H3/t11-,12+/m1/s1. The number of thiophene rings is 1. The highest BCUT2D eigenvalue weighted by atomic mass is 127. The third-order valence-corrected chi connectivity index (χ3v) is 6.61. The predicted octanol–water partition coefficient (Wildman–Crippen LogP) is 5.06. The van der Waals surface area contributed by atoms with Gasteiger partial charge in [0.1, 0.15) is 6.17 Å². The lowest BCUT2D eigenvalue weighted by atomic mass is 10.0. The van der Waals surface area contributed by atoms with E-state index in [0.717, 1.165) is 16.9 Å². The van der Waals surface area contributed by atoms with Crippen molar-refractivity contribution in [3.8, 4) is 0 Å². The zero-order valence-electron chi connectivity index (χ0n) is 13.0. The number of alkyl halides is 4. The molecule has 8 heteroatoms. The first kappa shape index (κ1) is 18.2. The van der Waals surface area contributed by atoms with E-state index >= 15 is 0 Å². The Kier molecular flexibility index (Phi) is 5.27. The summed E-state index contributed by atoms with van der Waals surface area (Å²) in [5, 5.41) is 3.83. The number of hydrogen-bond acceptors (Lipinski definition) is 3. The van der Waals surface area contributed by atoms with E-state index in [1.54, 1.807) is 12.1 Å². The van der Waals surface area contributed by atoms with Crippen LogP contribution in [0.5, 0.6) is 0 Å². The van der Waals surface area contributed by atoms with Crippen LogP contribution in [0.25, 0.3) is 10.1 Å². The third kappa shape index (κ3) is 3.96. The van der Waals surface area contributed by atoms with Gasteiger partial charge in [0.15, 0.2) is 0 Å². The Hall–Kier alpha value is -0.610. The quantitative estimate of drug-likeness (QED) is 0.496. The number of nitrogens with zero attached hydrogens (tertiary/aromatic N) is 1. The first-order chi connectivity index (χ1) is 11.2. The number of halogens is 5. The van der Waals surface area contributed by atoms with Crippen molar-refractivity contribution >= 4 is 49.7 Å². The Labute approximate surface area is 155 Å². The highest BCUT2D eigenvalue weighted by molar-refractivity contribution is 14.1. The van der Waals surface area contributed by atoms with Crippen molar-refractivity contribution in [1.29, 1.82) is 0 Å². The largest absolute Gasteiger partial charge is 0.393 e. The second-order valence-corrected chi connectivity index (χ2v) is 8.98. The van der Waals surface area contributed by atoms with Crippen LogP contribution in [0.1, 0.15) is 12.0 Å². The zero-order valence-corrected chi connectivity index (χ0v) is 15.9. The fourth-order valence-electron chi connectivity index (χ4n) is 3.04. The average molecular weight is 472 g/mol. The summed E-state index contributed by atoms with van der Waals surface area (Å²) in [5.74, 6) is 0. The van der Waals surface area contributed by atoms with Crippen LogP contribution in [0.2, 0.25) is 0 Å². The molecule has 1 aromatic heterocycles. The lowest BCUT2D eigenvalue weighted by Gasteiger charge is -2.33. The summed E-state index contributed by atoms with van der Waals surface area (Å²) in [6.45, 7) is 1.17. The van der Waals surface area contributed by atoms with Crippen molar-refractivity contribution in [1.82, 2.24) is 4.90 Å². The van der Waals surface area contributed by atoms with Crippen LogP contribution < -0.4 is 5.32 Å². The molecule has 2 atom stereocenters. The minimum Gasteiger partial charge on any atom is -0.378 e. The van der Waals surface area contributed by atoms with Crippen LogP contribution >= 0.6 is 33.9 Å². The van der Waals surface area contributed by atoms with Gasteiger partial charge >= 0.3 is 6.18 Å².